The van der Waals surface area contributed by atoms with Gasteiger partial charge in [0.15, 0.2) is 5.65 Å². The summed E-state index contributed by atoms with van der Waals surface area (Å²) < 4.78 is 15.8. The first kappa shape index (κ1) is 20.1. The lowest BCUT2D eigenvalue weighted by Gasteiger charge is -2.26. The average molecular weight is 430 g/mol. The maximum atomic E-state index is 14.0. The largest absolute Gasteiger partial charge is 0.346 e. The highest BCUT2D eigenvalue weighted by Gasteiger charge is 2.35. The van der Waals surface area contributed by atoms with Gasteiger partial charge >= 0.3 is 0 Å². The minimum absolute atomic E-state index is 0.130. The van der Waals surface area contributed by atoms with E-state index in [-0.39, 0.29) is 23.8 Å². The Morgan fingerprint density at radius 1 is 1.12 bits per heavy atom. The Labute approximate surface area is 184 Å². The lowest BCUT2D eigenvalue weighted by molar-refractivity contribution is 0.0934. The van der Waals surface area contributed by atoms with E-state index in [1.54, 1.807) is 29.0 Å². The normalized spacial score (nSPS) is 18.3. The second-order valence-corrected chi connectivity index (χ2v) is 8.16. The smallest absolute Gasteiger partial charge is 0.270 e. The van der Waals surface area contributed by atoms with Crippen molar-refractivity contribution in [3.05, 3.63) is 89.3 Å². The molecule has 0 spiro atoms. The van der Waals surface area contributed by atoms with E-state index in [0.717, 1.165) is 28.3 Å². The van der Waals surface area contributed by atoms with Gasteiger partial charge in [-0.1, -0.05) is 18.2 Å². The fourth-order valence-corrected chi connectivity index (χ4v) is 4.33. The van der Waals surface area contributed by atoms with Gasteiger partial charge in [-0.15, -0.1) is 5.10 Å². The summed E-state index contributed by atoms with van der Waals surface area (Å²) in [5.74, 6) is 0.258. The van der Waals surface area contributed by atoms with Crippen LogP contribution in [0.2, 0.25) is 0 Å². The number of pyridine rings is 1. The van der Waals surface area contributed by atoms with Crippen molar-refractivity contribution in [1.82, 2.24) is 24.9 Å². The van der Waals surface area contributed by atoms with Gasteiger partial charge in [0.1, 0.15) is 17.3 Å². The maximum Gasteiger partial charge on any atom is 0.270 e. The molecule has 1 aliphatic rings. The number of anilines is 1. The first-order valence-corrected chi connectivity index (χ1v) is 10.6. The number of amides is 1. The lowest BCUT2D eigenvalue weighted by atomic mass is 10.0. The third-order valence-electron chi connectivity index (χ3n) is 5.91. The van der Waals surface area contributed by atoms with Gasteiger partial charge in [0, 0.05) is 18.8 Å². The quantitative estimate of drug-likeness (QED) is 0.535. The van der Waals surface area contributed by atoms with Gasteiger partial charge in [0.25, 0.3) is 5.91 Å². The van der Waals surface area contributed by atoms with Crippen molar-refractivity contribution >= 4 is 17.4 Å². The molecule has 1 N–H and O–H groups in total. The zero-order valence-electron chi connectivity index (χ0n) is 17.9. The predicted octanol–water partition coefficient (Wildman–Crippen LogP) is 3.63. The summed E-state index contributed by atoms with van der Waals surface area (Å²) in [6.07, 6.45) is 4.02. The van der Waals surface area contributed by atoms with Crippen LogP contribution in [0.4, 0.5) is 10.2 Å². The van der Waals surface area contributed by atoms with Crippen molar-refractivity contribution in [3.63, 3.8) is 0 Å². The summed E-state index contributed by atoms with van der Waals surface area (Å²) in [7, 11) is 0. The number of hydrogen-bond donors (Lipinski definition) is 1. The Balaban J connectivity index is 1.47. The Kier molecular flexibility index (Phi) is 5.05. The Morgan fingerprint density at radius 3 is 2.81 bits per heavy atom. The van der Waals surface area contributed by atoms with E-state index in [1.165, 1.54) is 6.07 Å². The average Bonchev–Trinajstić information content (AvgIpc) is 3.37. The van der Waals surface area contributed by atoms with Crippen LogP contribution in [0.15, 0.2) is 60.9 Å². The number of imidazole rings is 1. The van der Waals surface area contributed by atoms with Crippen LogP contribution in [0, 0.1) is 19.7 Å². The van der Waals surface area contributed by atoms with E-state index < -0.39 is 0 Å². The molecule has 0 bridgehead atoms. The number of halogens is 1. The minimum Gasteiger partial charge on any atom is -0.346 e. The van der Waals surface area contributed by atoms with Crippen LogP contribution in [0.25, 0.3) is 5.65 Å². The highest BCUT2D eigenvalue weighted by atomic mass is 19.1. The molecule has 5 rings (SSSR count). The van der Waals surface area contributed by atoms with Crippen LogP contribution in [0.3, 0.4) is 0 Å². The third kappa shape index (κ3) is 3.68. The molecular weight excluding hydrogens is 407 g/mol. The summed E-state index contributed by atoms with van der Waals surface area (Å²) in [4.78, 5) is 23.5. The molecule has 0 aliphatic carbocycles. The van der Waals surface area contributed by atoms with E-state index in [1.807, 2.05) is 44.2 Å². The molecule has 8 heteroatoms. The van der Waals surface area contributed by atoms with E-state index in [4.69, 9.17) is 5.10 Å². The van der Waals surface area contributed by atoms with Crippen molar-refractivity contribution in [2.45, 2.75) is 32.4 Å². The number of carbonyl (C=O) groups is 1. The summed E-state index contributed by atoms with van der Waals surface area (Å²) in [5, 5.41) is 7.87. The molecule has 1 saturated heterocycles. The molecule has 1 unspecified atom stereocenters. The molecule has 1 aromatic carbocycles. The second-order valence-electron chi connectivity index (χ2n) is 8.16. The molecule has 3 aromatic heterocycles. The topological polar surface area (TPSA) is 75.4 Å². The highest BCUT2D eigenvalue weighted by Crippen LogP contribution is 2.36. The monoisotopic (exact) mass is 430 g/mol. The number of rotatable bonds is 4. The fraction of sp³-hybridized carbons (Fsp3) is 0.250. The minimum atomic E-state index is -0.284. The molecule has 2 atom stereocenters. The van der Waals surface area contributed by atoms with Gasteiger partial charge in [-0.25, -0.2) is 13.9 Å². The molecule has 4 heterocycles. The number of aromatic nitrogens is 4. The summed E-state index contributed by atoms with van der Waals surface area (Å²) in [6, 6.07) is 13.8. The van der Waals surface area contributed by atoms with Crippen molar-refractivity contribution in [1.29, 1.82) is 0 Å². The predicted molar refractivity (Wildman–Crippen MR) is 119 cm³/mol. The maximum absolute atomic E-state index is 14.0. The van der Waals surface area contributed by atoms with Crippen molar-refractivity contribution in [2.24, 2.45) is 0 Å². The number of nitrogens with zero attached hydrogens (tertiary/aromatic N) is 5. The van der Waals surface area contributed by atoms with Crippen molar-refractivity contribution < 1.29 is 9.18 Å². The molecule has 1 amide bonds. The number of hydrogen-bond acceptors (Lipinski definition) is 5. The summed E-state index contributed by atoms with van der Waals surface area (Å²) in [5.41, 5.74) is 3.79. The van der Waals surface area contributed by atoms with E-state index in [0.29, 0.717) is 18.7 Å². The number of carbonyl (C=O) groups excluding carboxylic acids is 1. The zero-order chi connectivity index (χ0) is 22.2. The summed E-state index contributed by atoms with van der Waals surface area (Å²) >= 11 is 0. The van der Waals surface area contributed by atoms with Crippen molar-refractivity contribution in [2.75, 3.05) is 11.4 Å². The third-order valence-corrected chi connectivity index (χ3v) is 5.91. The van der Waals surface area contributed by atoms with E-state index >= 15 is 0 Å². The Bertz CT molecular complexity index is 1300. The summed E-state index contributed by atoms with van der Waals surface area (Å²) in [6.45, 7) is 4.36. The molecule has 0 saturated carbocycles. The Morgan fingerprint density at radius 2 is 2.00 bits per heavy atom. The number of fused-ring (bicyclic) bond motifs is 1. The van der Waals surface area contributed by atoms with Gasteiger partial charge in [-0.2, -0.15) is 0 Å². The number of nitrogens with one attached hydrogen (secondary N) is 1. The van der Waals surface area contributed by atoms with Crippen LogP contribution < -0.4 is 10.2 Å². The zero-order valence-corrected chi connectivity index (χ0v) is 17.9. The standard InChI is InChI=1S/C24H23FN6O/c1-15-5-4-10-26-23(15)24(32)28-19-12-20(17-6-3-7-18(25)11-17)30(14-19)22-9-8-21-27-13-16(2)31(21)29-22/h3-11,13,19-20H,12,14H2,1-2H3,(H,28,32)/t19?,20-/m1/s1. The van der Waals surface area contributed by atoms with Crippen LogP contribution in [-0.2, 0) is 0 Å². The molecule has 7 nitrogen and oxygen atoms in total. The first-order valence-electron chi connectivity index (χ1n) is 10.6. The number of benzene rings is 1. The lowest BCUT2D eigenvalue weighted by Crippen LogP contribution is -2.38. The van der Waals surface area contributed by atoms with Crippen LogP contribution in [-0.4, -0.2) is 38.1 Å². The Hall–Kier alpha value is -3.81. The van der Waals surface area contributed by atoms with Crippen LogP contribution >= 0.6 is 0 Å². The molecule has 1 aliphatic heterocycles. The van der Waals surface area contributed by atoms with Gasteiger partial charge in [-0.05, 0) is 61.7 Å². The van der Waals surface area contributed by atoms with E-state index in [2.05, 4.69) is 20.2 Å². The first-order chi connectivity index (χ1) is 15.5. The van der Waals surface area contributed by atoms with Crippen LogP contribution in [0.5, 0.6) is 0 Å². The number of aryl methyl sites for hydroxylation is 2. The van der Waals surface area contributed by atoms with Crippen molar-refractivity contribution in [3.8, 4) is 0 Å². The fourth-order valence-electron chi connectivity index (χ4n) is 4.33. The molecule has 162 valence electrons. The van der Waals surface area contributed by atoms with Gasteiger partial charge < -0.3 is 10.2 Å². The second kappa shape index (κ2) is 8.03. The van der Waals surface area contributed by atoms with E-state index in [9.17, 15) is 9.18 Å². The van der Waals surface area contributed by atoms with Gasteiger partial charge in [-0.3, -0.25) is 9.78 Å². The highest BCUT2D eigenvalue weighted by molar-refractivity contribution is 5.93. The molecular formula is C24H23FN6O. The molecule has 4 aromatic rings. The molecule has 0 radical (unpaired) electrons. The van der Waals surface area contributed by atoms with Crippen LogP contribution in [0.1, 0.15) is 39.8 Å². The molecule has 1 fully saturated rings. The molecule has 32 heavy (non-hydrogen) atoms. The van der Waals surface area contributed by atoms with Gasteiger partial charge in [0.2, 0.25) is 0 Å². The van der Waals surface area contributed by atoms with Gasteiger partial charge in [0.05, 0.1) is 17.9 Å². The SMILES string of the molecule is Cc1cccnc1C(=O)NC1C[C@H](c2cccc(F)c2)N(c2ccc3ncc(C)n3n2)C1.